The number of hydrogen-bond donors (Lipinski definition) is 1. The number of aryl methyl sites for hydroxylation is 3. The van der Waals surface area contributed by atoms with E-state index in [0.717, 1.165) is 34.2 Å². The molecule has 0 saturated heterocycles. The van der Waals surface area contributed by atoms with Crippen LogP contribution in [0.15, 0.2) is 28.8 Å². The Morgan fingerprint density at radius 3 is 2.46 bits per heavy atom. The van der Waals surface area contributed by atoms with Crippen molar-refractivity contribution in [2.75, 3.05) is 13.1 Å². The molecule has 1 aromatic rings. The lowest BCUT2D eigenvalue weighted by molar-refractivity contribution is -0.125. The molecule has 0 radical (unpaired) electrons. The van der Waals surface area contributed by atoms with E-state index in [4.69, 9.17) is 0 Å². The van der Waals surface area contributed by atoms with E-state index < -0.39 is 5.92 Å². The molecule has 28 heavy (non-hydrogen) atoms. The Bertz CT molecular complexity index is 872. The van der Waals surface area contributed by atoms with Gasteiger partial charge in [-0.25, -0.2) is 0 Å². The fourth-order valence-electron chi connectivity index (χ4n) is 4.34. The Morgan fingerprint density at radius 1 is 1.14 bits per heavy atom. The SMILES string of the molecule is CC1=CC(C(=O)NCCC2CC(=O)C(c3c(C)cc(C)cc3C)C2=O)=NCC1. The Hall–Kier alpha value is -2.56. The molecule has 1 amide bonds. The third-order valence-electron chi connectivity index (χ3n) is 5.67. The van der Waals surface area contributed by atoms with Crippen molar-refractivity contribution < 1.29 is 14.4 Å². The predicted octanol–water partition coefficient (Wildman–Crippen LogP) is 3.15. The fraction of sp³-hybridized carbons (Fsp3) is 0.478. The second-order valence-electron chi connectivity index (χ2n) is 8.07. The lowest BCUT2D eigenvalue weighted by Crippen LogP contribution is -2.33. The van der Waals surface area contributed by atoms with E-state index in [9.17, 15) is 14.4 Å². The van der Waals surface area contributed by atoms with Crippen LogP contribution in [0.25, 0.3) is 0 Å². The summed E-state index contributed by atoms with van der Waals surface area (Å²) in [6.07, 6.45) is 3.43. The zero-order valence-electron chi connectivity index (χ0n) is 17.1. The minimum atomic E-state index is -0.658. The Labute approximate surface area is 166 Å². The highest BCUT2D eigenvalue weighted by Gasteiger charge is 2.42. The summed E-state index contributed by atoms with van der Waals surface area (Å²) in [5.41, 5.74) is 5.58. The van der Waals surface area contributed by atoms with E-state index in [-0.39, 0.29) is 29.8 Å². The Kier molecular flexibility index (Phi) is 5.92. The Balaban J connectivity index is 1.63. The van der Waals surface area contributed by atoms with E-state index >= 15 is 0 Å². The number of nitrogens with one attached hydrogen (secondary N) is 1. The number of benzene rings is 1. The number of dihydropyridines is 1. The molecule has 0 bridgehead atoms. The first-order valence-corrected chi connectivity index (χ1v) is 9.92. The molecular formula is C23H28N2O3. The van der Waals surface area contributed by atoms with Crippen LogP contribution in [-0.4, -0.2) is 36.3 Å². The maximum atomic E-state index is 13.0. The molecule has 148 valence electrons. The largest absolute Gasteiger partial charge is 0.351 e. The van der Waals surface area contributed by atoms with Crippen molar-refractivity contribution in [1.29, 1.82) is 0 Å². The van der Waals surface area contributed by atoms with E-state index in [1.807, 2.05) is 45.9 Å². The summed E-state index contributed by atoms with van der Waals surface area (Å²) in [6, 6.07) is 4.05. The summed E-state index contributed by atoms with van der Waals surface area (Å²) >= 11 is 0. The highest BCUT2D eigenvalue weighted by molar-refractivity contribution is 6.43. The molecule has 2 aliphatic rings. The number of ketones is 2. The quantitative estimate of drug-likeness (QED) is 0.798. The highest BCUT2D eigenvalue weighted by atomic mass is 16.2. The molecule has 1 saturated carbocycles. The minimum Gasteiger partial charge on any atom is -0.351 e. The summed E-state index contributed by atoms with van der Waals surface area (Å²) in [5.74, 6) is -1.22. The van der Waals surface area contributed by atoms with Gasteiger partial charge in [-0.3, -0.25) is 19.4 Å². The van der Waals surface area contributed by atoms with Crippen molar-refractivity contribution >= 4 is 23.2 Å². The standard InChI is InChI=1S/C23H28N2O3/c1-13-5-7-24-18(11-13)23(28)25-8-6-17-12-19(26)21(22(17)27)20-15(3)9-14(2)10-16(20)4/h9-11,17,21H,5-8,12H2,1-4H3,(H,25,28). The summed E-state index contributed by atoms with van der Waals surface area (Å²) in [7, 11) is 0. The third-order valence-corrected chi connectivity index (χ3v) is 5.67. The second-order valence-corrected chi connectivity index (χ2v) is 8.07. The molecule has 1 aromatic carbocycles. The van der Waals surface area contributed by atoms with Gasteiger partial charge in [-0.15, -0.1) is 0 Å². The van der Waals surface area contributed by atoms with Gasteiger partial charge in [0.25, 0.3) is 5.91 Å². The van der Waals surface area contributed by atoms with Crippen LogP contribution in [0.4, 0.5) is 0 Å². The minimum absolute atomic E-state index is 0.00778. The first-order valence-electron chi connectivity index (χ1n) is 9.92. The predicted molar refractivity (Wildman–Crippen MR) is 110 cm³/mol. The Morgan fingerprint density at radius 2 is 1.82 bits per heavy atom. The van der Waals surface area contributed by atoms with Crippen LogP contribution in [-0.2, 0) is 14.4 Å². The number of rotatable bonds is 5. The van der Waals surface area contributed by atoms with Crippen molar-refractivity contribution in [3.8, 4) is 0 Å². The van der Waals surface area contributed by atoms with Gasteiger partial charge in [0.15, 0.2) is 5.78 Å². The van der Waals surface area contributed by atoms with Gasteiger partial charge in [0.05, 0.1) is 0 Å². The van der Waals surface area contributed by atoms with Crippen molar-refractivity contribution in [2.24, 2.45) is 10.9 Å². The maximum absolute atomic E-state index is 13.0. The van der Waals surface area contributed by atoms with Gasteiger partial charge >= 0.3 is 0 Å². The first-order chi connectivity index (χ1) is 13.3. The number of nitrogens with zero attached hydrogens (tertiary/aromatic N) is 1. The van der Waals surface area contributed by atoms with Crippen LogP contribution in [0, 0.1) is 26.7 Å². The molecule has 0 aromatic heterocycles. The molecule has 5 heteroatoms. The van der Waals surface area contributed by atoms with Crippen molar-refractivity contribution in [3.05, 3.63) is 46.0 Å². The van der Waals surface area contributed by atoms with Gasteiger partial charge < -0.3 is 5.32 Å². The lowest BCUT2D eigenvalue weighted by Gasteiger charge is -2.16. The normalized spacial score (nSPS) is 22.1. The molecular weight excluding hydrogens is 352 g/mol. The smallest absolute Gasteiger partial charge is 0.269 e. The number of aliphatic imine (C=N–C) groups is 1. The van der Waals surface area contributed by atoms with Gasteiger partial charge in [0, 0.05) is 25.4 Å². The zero-order chi connectivity index (χ0) is 20.4. The lowest BCUT2D eigenvalue weighted by atomic mass is 9.86. The molecule has 1 heterocycles. The molecule has 0 spiro atoms. The molecule has 1 aliphatic carbocycles. The van der Waals surface area contributed by atoms with Crippen molar-refractivity contribution in [3.63, 3.8) is 0 Å². The van der Waals surface area contributed by atoms with Gasteiger partial charge in [-0.1, -0.05) is 23.3 Å². The summed E-state index contributed by atoms with van der Waals surface area (Å²) in [4.78, 5) is 42.1. The molecule has 2 atom stereocenters. The van der Waals surface area contributed by atoms with Crippen molar-refractivity contribution in [1.82, 2.24) is 5.32 Å². The number of Topliss-reactive ketones (excluding diaryl/α,β-unsaturated/α-hetero) is 2. The molecule has 5 nitrogen and oxygen atoms in total. The van der Waals surface area contributed by atoms with Crippen LogP contribution >= 0.6 is 0 Å². The van der Waals surface area contributed by atoms with Crippen LogP contribution < -0.4 is 5.32 Å². The average Bonchev–Trinajstić information content (AvgIpc) is 2.89. The summed E-state index contributed by atoms with van der Waals surface area (Å²) < 4.78 is 0. The van der Waals surface area contributed by atoms with E-state index in [2.05, 4.69) is 10.3 Å². The summed E-state index contributed by atoms with van der Waals surface area (Å²) in [5, 5.41) is 2.84. The van der Waals surface area contributed by atoms with E-state index in [1.54, 1.807) is 0 Å². The number of hydrogen-bond acceptors (Lipinski definition) is 4. The van der Waals surface area contributed by atoms with E-state index in [1.165, 1.54) is 0 Å². The van der Waals surface area contributed by atoms with Crippen LogP contribution in [0.1, 0.15) is 54.4 Å². The molecule has 1 N–H and O–H groups in total. The number of carbonyl (C=O) groups is 3. The van der Waals surface area contributed by atoms with Gasteiger partial charge in [-0.05, 0) is 63.3 Å². The monoisotopic (exact) mass is 380 g/mol. The van der Waals surface area contributed by atoms with Crippen LogP contribution in [0.3, 0.4) is 0 Å². The average molecular weight is 380 g/mol. The van der Waals surface area contributed by atoms with Gasteiger partial charge in [-0.2, -0.15) is 0 Å². The molecule has 3 rings (SSSR count). The third kappa shape index (κ3) is 4.13. The van der Waals surface area contributed by atoms with Crippen molar-refractivity contribution in [2.45, 2.75) is 52.9 Å². The second kappa shape index (κ2) is 8.21. The molecule has 1 fully saturated rings. The van der Waals surface area contributed by atoms with Crippen LogP contribution in [0.5, 0.6) is 0 Å². The number of amides is 1. The zero-order valence-corrected chi connectivity index (χ0v) is 17.1. The fourth-order valence-corrected chi connectivity index (χ4v) is 4.34. The van der Waals surface area contributed by atoms with Crippen LogP contribution in [0.2, 0.25) is 0 Å². The molecule has 1 aliphatic heterocycles. The highest BCUT2D eigenvalue weighted by Crippen LogP contribution is 2.37. The maximum Gasteiger partial charge on any atom is 0.269 e. The molecule has 2 unspecified atom stereocenters. The first kappa shape index (κ1) is 20.2. The van der Waals surface area contributed by atoms with Gasteiger partial charge in [0.1, 0.15) is 17.4 Å². The van der Waals surface area contributed by atoms with E-state index in [0.29, 0.717) is 25.2 Å². The summed E-state index contributed by atoms with van der Waals surface area (Å²) in [6.45, 7) is 8.93. The van der Waals surface area contributed by atoms with Gasteiger partial charge in [0.2, 0.25) is 0 Å². The number of carbonyl (C=O) groups excluding carboxylic acids is 3. The topological polar surface area (TPSA) is 75.6 Å².